The molecule has 0 aliphatic rings. The Bertz CT molecular complexity index is 971. The fraction of sp³-hybridized carbons (Fsp3) is 0.273. The molecule has 0 saturated heterocycles. The van der Waals surface area contributed by atoms with Gasteiger partial charge in [-0.2, -0.15) is 0 Å². The second-order valence-electron chi connectivity index (χ2n) is 6.24. The zero-order valence-electron chi connectivity index (χ0n) is 15.1. The normalized spacial score (nSPS) is 10.8. The maximum absolute atomic E-state index is 12.5. The number of hydrogen-bond donors (Lipinski definition) is 0. The summed E-state index contributed by atoms with van der Waals surface area (Å²) in [5, 5.41) is 0.895. The van der Waals surface area contributed by atoms with Crippen molar-refractivity contribution in [2.75, 3.05) is 0 Å². The highest BCUT2D eigenvalue weighted by Crippen LogP contribution is 2.30. The zero-order valence-corrected chi connectivity index (χ0v) is 15.1. The van der Waals surface area contributed by atoms with Crippen LogP contribution in [-0.2, 0) is 12.8 Å². The van der Waals surface area contributed by atoms with Gasteiger partial charge in [-0.25, -0.2) is 9.59 Å². The number of aryl methyl sites for hydroxylation is 2. The van der Waals surface area contributed by atoms with E-state index in [9.17, 15) is 9.59 Å². The van der Waals surface area contributed by atoms with Crippen molar-refractivity contribution < 1.29 is 13.9 Å². The number of carbonyl (C=O) groups excluding carboxylic acids is 1. The van der Waals surface area contributed by atoms with Crippen LogP contribution in [0.15, 0.2) is 57.7 Å². The van der Waals surface area contributed by atoms with Gasteiger partial charge >= 0.3 is 11.6 Å². The first-order chi connectivity index (χ1) is 12.7. The lowest BCUT2D eigenvalue weighted by Crippen LogP contribution is -2.17. The van der Waals surface area contributed by atoms with Gasteiger partial charge in [-0.3, -0.25) is 0 Å². The number of rotatable bonds is 6. The maximum atomic E-state index is 12.5. The van der Waals surface area contributed by atoms with Crippen LogP contribution in [0, 0.1) is 0 Å². The molecule has 26 heavy (non-hydrogen) atoms. The molecule has 4 nitrogen and oxygen atoms in total. The van der Waals surface area contributed by atoms with Crippen molar-refractivity contribution in [3.05, 3.63) is 75.6 Å². The quantitative estimate of drug-likeness (QED) is 0.468. The predicted molar refractivity (Wildman–Crippen MR) is 102 cm³/mol. The van der Waals surface area contributed by atoms with Gasteiger partial charge in [0.05, 0.1) is 5.56 Å². The molecule has 2 aromatic carbocycles. The molecule has 4 heteroatoms. The molecule has 0 bridgehead atoms. The molecule has 0 fully saturated rings. The lowest BCUT2D eigenvalue weighted by Gasteiger charge is -2.14. The SMILES string of the molecule is CCCc1cccc2oc(=O)c(OC(=O)c3ccccc3)c(CCC)c12. The average Bonchev–Trinajstić information content (AvgIpc) is 2.65. The molecular weight excluding hydrogens is 328 g/mol. The van der Waals surface area contributed by atoms with Gasteiger partial charge in [-0.05, 0) is 36.6 Å². The summed E-state index contributed by atoms with van der Waals surface area (Å²) in [4.78, 5) is 25.0. The number of hydrogen-bond acceptors (Lipinski definition) is 4. The molecule has 0 N–H and O–H groups in total. The number of carbonyl (C=O) groups is 1. The monoisotopic (exact) mass is 350 g/mol. The summed E-state index contributed by atoms with van der Waals surface area (Å²) in [6.07, 6.45) is 3.31. The minimum Gasteiger partial charge on any atom is -0.420 e. The van der Waals surface area contributed by atoms with E-state index in [0.717, 1.165) is 35.8 Å². The third-order valence-electron chi connectivity index (χ3n) is 4.30. The molecule has 0 aliphatic heterocycles. The number of benzene rings is 2. The molecular formula is C22H22O4. The molecule has 0 aliphatic carbocycles. The summed E-state index contributed by atoms with van der Waals surface area (Å²) in [5.41, 5.74) is 2.19. The Morgan fingerprint density at radius 1 is 0.962 bits per heavy atom. The fourth-order valence-electron chi connectivity index (χ4n) is 3.18. The van der Waals surface area contributed by atoms with E-state index in [-0.39, 0.29) is 5.75 Å². The van der Waals surface area contributed by atoms with Crippen molar-refractivity contribution >= 4 is 16.9 Å². The first-order valence-electron chi connectivity index (χ1n) is 9.00. The number of ether oxygens (including phenoxy) is 1. The molecule has 0 saturated carbocycles. The lowest BCUT2D eigenvalue weighted by atomic mass is 9.97. The molecule has 1 heterocycles. The van der Waals surface area contributed by atoms with Crippen LogP contribution in [0.2, 0.25) is 0 Å². The minimum absolute atomic E-state index is 0.0109. The lowest BCUT2D eigenvalue weighted by molar-refractivity contribution is 0.0727. The van der Waals surface area contributed by atoms with Crippen molar-refractivity contribution in [1.82, 2.24) is 0 Å². The van der Waals surface area contributed by atoms with Crippen LogP contribution in [0.25, 0.3) is 11.0 Å². The summed E-state index contributed by atoms with van der Waals surface area (Å²) in [5.74, 6) is -0.542. The first-order valence-corrected chi connectivity index (χ1v) is 9.00. The average molecular weight is 350 g/mol. The molecule has 3 rings (SSSR count). The van der Waals surface area contributed by atoms with Crippen LogP contribution < -0.4 is 10.4 Å². The molecule has 1 aromatic heterocycles. The van der Waals surface area contributed by atoms with E-state index in [1.165, 1.54) is 0 Å². The molecule has 0 amide bonds. The van der Waals surface area contributed by atoms with E-state index in [0.29, 0.717) is 17.6 Å². The van der Waals surface area contributed by atoms with Crippen molar-refractivity contribution in [3.8, 4) is 5.75 Å². The van der Waals surface area contributed by atoms with Crippen LogP contribution >= 0.6 is 0 Å². The van der Waals surface area contributed by atoms with Gasteiger partial charge < -0.3 is 9.15 Å². The summed E-state index contributed by atoms with van der Waals surface area (Å²) >= 11 is 0. The van der Waals surface area contributed by atoms with Gasteiger partial charge in [0.2, 0.25) is 5.75 Å². The summed E-state index contributed by atoms with van der Waals surface area (Å²) in [6.45, 7) is 4.14. The Kier molecular flexibility index (Phi) is 5.52. The highest BCUT2D eigenvalue weighted by atomic mass is 16.5. The smallest absolute Gasteiger partial charge is 0.380 e. The zero-order chi connectivity index (χ0) is 18.5. The van der Waals surface area contributed by atoms with E-state index >= 15 is 0 Å². The highest BCUT2D eigenvalue weighted by Gasteiger charge is 2.21. The fourth-order valence-corrected chi connectivity index (χ4v) is 3.18. The Labute approximate surface area is 152 Å². The van der Waals surface area contributed by atoms with Crippen LogP contribution in [0.5, 0.6) is 5.75 Å². The van der Waals surface area contributed by atoms with Crippen molar-refractivity contribution in [1.29, 1.82) is 0 Å². The van der Waals surface area contributed by atoms with Crippen LogP contribution in [0.1, 0.15) is 48.2 Å². The van der Waals surface area contributed by atoms with Crippen molar-refractivity contribution in [3.63, 3.8) is 0 Å². The Morgan fingerprint density at radius 3 is 2.38 bits per heavy atom. The Hall–Kier alpha value is -2.88. The van der Waals surface area contributed by atoms with Gasteiger partial charge in [-0.1, -0.05) is 57.0 Å². The summed E-state index contributed by atoms with van der Waals surface area (Å²) in [7, 11) is 0. The van der Waals surface area contributed by atoms with E-state index < -0.39 is 11.6 Å². The summed E-state index contributed by atoms with van der Waals surface area (Å²) < 4.78 is 11.0. The van der Waals surface area contributed by atoms with E-state index in [2.05, 4.69) is 6.92 Å². The van der Waals surface area contributed by atoms with Crippen LogP contribution in [0.4, 0.5) is 0 Å². The highest BCUT2D eigenvalue weighted by molar-refractivity contribution is 5.92. The molecule has 134 valence electrons. The van der Waals surface area contributed by atoms with Crippen molar-refractivity contribution in [2.45, 2.75) is 39.5 Å². The molecule has 0 radical (unpaired) electrons. The molecule has 0 spiro atoms. The van der Waals surface area contributed by atoms with Gasteiger partial charge in [-0.15, -0.1) is 0 Å². The number of fused-ring (bicyclic) bond motifs is 1. The maximum Gasteiger partial charge on any atom is 0.380 e. The van der Waals surface area contributed by atoms with Gasteiger partial charge in [0, 0.05) is 10.9 Å². The molecule has 3 aromatic rings. The molecule has 0 atom stereocenters. The van der Waals surface area contributed by atoms with Gasteiger partial charge in [0.25, 0.3) is 0 Å². The standard InChI is InChI=1S/C22H22O4/c1-3-9-15-13-8-14-18-19(15)17(10-4-2)20(22(24)25-18)26-21(23)16-11-6-5-7-12-16/h5-8,11-14H,3-4,9-10H2,1-2H3. The third kappa shape index (κ3) is 3.54. The van der Waals surface area contributed by atoms with Gasteiger partial charge in [0.1, 0.15) is 5.58 Å². The van der Waals surface area contributed by atoms with E-state index in [1.807, 2.05) is 25.1 Å². The second kappa shape index (κ2) is 8.00. The van der Waals surface area contributed by atoms with Gasteiger partial charge in [0.15, 0.2) is 0 Å². The topological polar surface area (TPSA) is 56.5 Å². The predicted octanol–water partition coefficient (Wildman–Crippen LogP) is 4.92. The largest absolute Gasteiger partial charge is 0.420 e. The first kappa shape index (κ1) is 17.9. The van der Waals surface area contributed by atoms with E-state index in [4.69, 9.17) is 9.15 Å². The Morgan fingerprint density at radius 2 is 1.69 bits per heavy atom. The van der Waals surface area contributed by atoms with Crippen LogP contribution in [-0.4, -0.2) is 5.97 Å². The molecule has 0 unspecified atom stereocenters. The third-order valence-corrected chi connectivity index (χ3v) is 4.30. The Balaban J connectivity index is 2.16. The summed E-state index contributed by atoms with van der Waals surface area (Å²) in [6, 6.07) is 14.4. The van der Waals surface area contributed by atoms with E-state index in [1.54, 1.807) is 30.3 Å². The van der Waals surface area contributed by atoms with Crippen molar-refractivity contribution in [2.24, 2.45) is 0 Å². The second-order valence-corrected chi connectivity index (χ2v) is 6.24. The minimum atomic E-state index is -0.612. The number of esters is 1. The van der Waals surface area contributed by atoms with Crippen LogP contribution in [0.3, 0.4) is 0 Å².